The largest absolute Gasteiger partial charge is 0.329 e. The number of nitrogens with zero attached hydrogens (tertiary/aromatic N) is 1. The fraction of sp³-hybridized carbons (Fsp3) is 1.00. The molecule has 11 heavy (non-hydrogen) atoms. The second kappa shape index (κ2) is 3.33. The van der Waals surface area contributed by atoms with Crippen molar-refractivity contribution in [1.82, 2.24) is 4.31 Å². The van der Waals surface area contributed by atoms with E-state index in [0.717, 1.165) is 19.0 Å². The van der Waals surface area contributed by atoms with Gasteiger partial charge in [-0.3, -0.25) is 4.31 Å². The quantitative estimate of drug-likeness (QED) is 0.676. The first-order valence-corrected chi connectivity index (χ1v) is 6.80. The fourth-order valence-electron chi connectivity index (χ4n) is 1.89. The molecule has 2 nitrogen and oxygen atoms in total. The van der Waals surface area contributed by atoms with Crippen molar-refractivity contribution in [3.05, 3.63) is 0 Å². The Morgan fingerprint density at radius 2 is 2.18 bits per heavy atom. The molecular weight excluding hydrogens is 156 g/mol. The highest BCUT2D eigenvalue weighted by Crippen LogP contribution is 2.50. The van der Waals surface area contributed by atoms with E-state index in [2.05, 4.69) is 23.7 Å². The van der Waals surface area contributed by atoms with E-state index in [1.165, 1.54) is 12.3 Å². The SMILES string of the molecule is CC1CN(CCN)S(C)(C)C1. The minimum atomic E-state index is -0.445. The molecule has 1 saturated heterocycles. The Hall–Kier alpha value is 0.270. The second-order valence-corrected chi connectivity index (χ2v) is 7.74. The summed E-state index contributed by atoms with van der Waals surface area (Å²) in [5.41, 5.74) is 5.55. The van der Waals surface area contributed by atoms with Gasteiger partial charge in [0.25, 0.3) is 0 Å². The van der Waals surface area contributed by atoms with Crippen molar-refractivity contribution in [3.63, 3.8) is 0 Å². The molecule has 0 radical (unpaired) electrons. The third-order valence-corrected chi connectivity index (χ3v) is 5.40. The molecule has 0 aliphatic carbocycles. The van der Waals surface area contributed by atoms with Crippen molar-refractivity contribution >= 4 is 10.2 Å². The Morgan fingerprint density at radius 1 is 1.55 bits per heavy atom. The predicted octanol–water partition coefficient (Wildman–Crippen LogP) is 0.876. The van der Waals surface area contributed by atoms with Crippen molar-refractivity contribution in [3.8, 4) is 0 Å². The summed E-state index contributed by atoms with van der Waals surface area (Å²) in [7, 11) is -0.445. The van der Waals surface area contributed by atoms with Crippen molar-refractivity contribution in [2.75, 3.05) is 37.9 Å². The lowest BCUT2D eigenvalue weighted by Gasteiger charge is -2.36. The van der Waals surface area contributed by atoms with Crippen LogP contribution in [0.5, 0.6) is 0 Å². The summed E-state index contributed by atoms with van der Waals surface area (Å²) in [4.78, 5) is 0. The molecule has 0 amide bonds. The van der Waals surface area contributed by atoms with Gasteiger partial charge >= 0.3 is 0 Å². The molecule has 68 valence electrons. The summed E-state index contributed by atoms with van der Waals surface area (Å²) < 4.78 is 2.58. The molecule has 0 aromatic carbocycles. The first-order valence-electron chi connectivity index (χ1n) is 4.22. The van der Waals surface area contributed by atoms with Crippen molar-refractivity contribution in [1.29, 1.82) is 0 Å². The van der Waals surface area contributed by atoms with E-state index in [1.54, 1.807) is 0 Å². The third-order valence-electron chi connectivity index (χ3n) is 2.29. The van der Waals surface area contributed by atoms with E-state index < -0.39 is 10.2 Å². The maximum Gasteiger partial charge on any atom is 0.0197 e. The van der Waals surface area contributed by atoms with E-state index in [1.807, 2.05) is 0 Å². The van der Waals surface area contributed by atoms with Crippen LogP contribution in [0.4, 0.5) is 0 Å². The van der Waals surface area contributed by atoms with Gasteiger partial charge in [0, 0.05) is 19.6 Å². The van der Waals surface area contributed by atoms with Crippen molar-refractivity contribution < 1.29 is 0 Å². The molecule has 0 spiro atoms. The molecular formula is C8H20N2S. The van der Waals surface area contributed by atoms with Gasteiger partial charge in [0.1, 0.15) is 0 Å². The smallest absolute Gasteiger partial charge is 0.0197 e. The van der Waals surface area contributed by atoms with Crippen LogP contribution >= 0.6 is 10.2 Å². The molecule has 1 rings (SSSR count). The Kier molecular flexibility index (Phi) is 2.84. The molecule has 1 fully saturated rings. The highest BCUT2D eigenvalue weighted by Gasteiger charge is 2.31. The number of nitrogens with two attached hydrogens (primary N) is 1. The molecule has 1 atom stereocenters. The monoisotopic (exact) mass is 176 g/mol. The summed E-state index contributed by atoms with van der Waals surface area (Å²) in [6.07, 6.45) is 4.79. The molecule has 0 aromatic heterocycles. The Bertz CT molecular complexity index is 136. The average molecular weight is 176 g/mol. The van der Waals surface area contributed by atoms with Gasteiger partial charge in [0.05, 0.1) is 0 Å². The minimum absolute atomic E-state index is 0.445. The van der Waals surface area contributed by atoms with Crippen LogP contribution in [0.25, 0.3) is 0 Å². The van der Waals surface area contributed by atoms with Gasteiger partial charge in [-0.1, -0.05) is 6.92 Å². The highest BCUT2D eigenvalue weighted by molar-refractivity contribution is 8.30. The zero-order valence-electron chi connectivity index (χ0n) is 7.84. The Labute approximate surface area is 71.6 Å². The highest BCUT2D eigenvalue weighted by atomic mass is 32.3. The van der Waals surface area contributed by atoms with Crippen LogP contribution in [-0.4, -0.2) is 42.2 Å². The molecule has 2 N–H and O–H groups in total. The van der Waals surface area contributed by atoms with Gasteiger partial charge in [0.15, 0.2) is 0 Å². The van der Waals surface area contributed by atoms with E-state index in [-0.39, 0.29) is 0 Å². The lowest BCUT2D eigenvalue weighted by Crippen LogP contribution is -2.28. The minimum Gasteiger partial charge on any atom is -0.329 e. The van der Waals surface area contributed by atoms with Crippen molar-refractivity contribution in [2.24, 2.45) is 11.7 Å². The molecule has 1 aliphatic heterocycles. The van der Waals surface area contributed by atoms with E-state index in [9.17, 15) is 0 Å². The molecule has 0 saturated carbocycles. The molecule has 3 heteroatoms. The van der Waals surface area contributed by atoms with Gasteiger partial charge < -0.3 is 5.73 Å². The van der Waals surface area contributed by atoms with Gasteiger partial charge in [-0.25, -0.2) is 0 Å². The zero-order chi connectivity index (χ0) is 8.48. The normalized spacial score (nSPS) is 34.0. The standard InChI is InChI=1S/C8H20N2S/c1-8-6-10(5-4-9)11(2,3)7-8/h8H,4-7,9H2,1-3H3. The molecule has 1 heterocycles. The second-order valence-electron chi connectivity index (χ2n) is 3.93. The predicted molar refractivity (Wildman–Crippen MR) is 54.1 cm³/mol. The van der Waals surface area contributed by atoms with E-state index in [4.69, 9.17) is 5.73 Å². The van der Waals surface area contributed by atoms with Crippen LogP contribution in [-0.2, 0) is 0 Å². The summed E-state index contributed by atoms with van der Waals surface area (Å²) in [6, 6.07) is 0. The van der Waals surface area contributed by atoms with Crippen LogP contribution in [0.3, 0.4) is 0 Å². The topological polar surface area (TPSA) is 29.3 Å². The molecule has 0 bridgehead atoms. The number of hydrogen-bond acceptors (Lipinski definition) is 2. The summed E-state index contributed by atoms with van der Waals surface area (Å²) in [6.45, 7) is 5.50. The molecule has 0 aromatic rings. The molecule has 1 unspecified atom stereocenters. The zero-order valence-corrected chi connectivity index (χ0v) is 8.66. The van der Waals surface area contributed by atoms with Crippen molar-refractivity contribution in [2.45, 2.75) is 6.92 Å². The third kappa shape index (κ3) is 2.10. The van der Waals surface area contributed by atoms with E-state index >= 15 is 0 Å². The summed E-state index contributed by atoms with van der Waals surface area (Å²) in [5, 5.41) is 0. The maximum atomic E-state index is 5.55. The fourth-order valence-corrected chi connectivity index (χ4v) is 4.85. The Balaban J connectivity index is 2.51. The number of rotatable bonds is 2. The van der Waals surface area contributed by atoms with Gasteiger partial charge in [-0.15, -0.1) is 0 Å². The van der Waals surface area contributed by atoms with Crippen LogP contribution < -0.4 is 5.73 Å². The summed E-state index contributed by atoms with van der Waals surface area (Å²) in [5.74, 6) is 2.28. The first kappa shape index (κ1) is 9.36. The van der Waals surface area contributed by atoms with E-state index in [0.29, 0.717) is 0 Å². The lowest BCUT2D eigenvalue weighted by atomic mass is 10.2. The van der Waals surface area contributed by atoms with Crippen LogP contribution in [0.15, 0.2) is 0 Å². The average Bonchev–Trinajstić information content (AvgIpc) is 2.07. The summed E-state index contributed by atoms with van der Waals surface area (Å²) >= 11 is 0. The molecule has 1 aliphatic rings. The van der Waals surface area contributed by atoms with Crippen LogP contribution in [0.2, 0.25) is 0 Å². The van der Waals surface area contributed by atoms with Gasteiger partial charge in [0.2, 0.25) is 0 Å². The van der Waals surface area contributed by atoms with Gasteiger partial charge in [-0.05, 0) is 24.2 Å². The first-order chi connectivity index (χ1) is 5.06. The van der Waals surface area contributed by atoms with Crippen LogP contribution in [0, 0.1) is 5.92 Å². The maximum absolute atomic E-state index is 5.55. The van der Waals surface area contributed by atoms with Crippen LogP contribution in [0.1, 0.15) is 6.92 Å². The van der Waals surface area contributed by atoms with Gasteiger partial charge in [-0.2, -0.15) is 10.2 Å². The lowest BCUT2D eigenvalue weighted by molar-refractivity contribution is 0.446. The Morgan fingerprint density at radius 3 is 2.55 bits per heavy atom. The number of hydrogen-bond donors (Lipinski definition) is 1.